The molecule has 0 spiro atoms. The molecule has 7 heteroatoms. The zero-order valence-electron chi connectivity index (χ0n) is 12.5. The lowest BCUT2D eigenvalue weighted by molar-refractivity contribution is 0.457. The van der Waals surface area contributed by atoms with Gasteiger partial charge in [0.1, 0.15) is 11.6 Å². The van der Waals surface area contributed by atoms with Crippen LogP contribution in [0.25, 0.3) is 0 Å². The van der Waals surface area contributed by atoms with Crippen LogP contribution in [0.5, 0.6) is 0 Å². The molecule has 0 saturated carbocycles. The molecule has 1 N–H and O–H groups in total. The predicted octanol–water partition coefficient (Wildman–Crippen LogP) is 1.47. The molecule has 0 bridgehead atoms. The Hall–Kier alpha value is -0.950. The molecule has 20 heavy (non-hydrogen) atoms. The van der Waals surface area contributed by atoms with Gasteiger partial charge in [-0.25, -0.2) is 13.1 Å². The lowest BCUT2D eigenvalue weighted by atomic mass is 10.0. The van der Waals surface area contributed by atoms with Crippen molar-refractivity contribution in [3.05, 3.63) is 11.6 Å². The van der Waals surface area contributed by atoms with E-state index >= 15 is 0 Å². The maximum absolute atomic E-state index is 12.0. The van der Waals surface area contributed by atoms with E-state index in [-0.39, 0.29) is 17.7 Å². The molecule has 0 fully saturated rings. The maximum atomic E-state index is 12.0. The summed E-state index contributed by atoms with van der Waals surface area (Å²) in [5, 5.41) is 8.30. The number of hydrogen-bond donors (Lipinski definition) is 1. The minimum atomic E-state index is -3.28. The monoisotopic (exact) mass is 300 g/mol. The molecule has 0 amide bonds. The van der Waals surface area contributed by atoms with Gasteiger partial charge in [-0.15, -0.1) is 10.2 Å². The molecule has 6 nitrogen and oxygen atoms in total. The first-order valence-electron chi connectivity index (χ1n) is 7.15. The van der Waals surface area contributed by atoms with Gasteiger partial charge in [-0.05, 0) is 18.3 Å². The summed E-state index contributed by atoms with van der Waals surface area (Å²) >= 11 is 0. The van der Waals surface area contributed by atoms with Gasteiger partial charge < -0.3 is 4.57 Å². The Kier molecular flexibility index (Phi) is 4.49. The van der Waals surface area contributed by atoms with Gasteiger partial charge >= 0.3 is 0 Å². The molecule has 1 aliphatic rings. The third-order valence-corrected chi connectivity index (χ3v) is 5.09. The first-order valence-corrected chi connectivity index (χ1v) is 8.80. The third-order valence-electron chi connectivity index (χ3n) is 3.26. The van der Waals surface area contributed by atoms with Crippen molar-refractivity contribution >= 4 is 10.0 Å². The first-order chi connectivity index (χ1) is 9.27. The van der Waals surface area contributed by atoms with Crippen LogP contribution in [0, 0.1) is 5.41 Å². The highest BCUT2D eigenvalue weighted by molar-refractivity contribution is 7.89. The van der Waals surface area contributed by atoms with Gasteiger partial charge in [0.15, 0.2) is 0 Å². The van der Waals surface area contributed by atoms with E-state index in [1.54, 1.807) is 0 Å². The second-order valence-electron chi connectivity index (χ2n) is 6.64. The molecule has 1 aromatic rings. The zero-order chi connectivity index (χ0) is 14.8. The Morgan fingerprint density at radius 3 is 2.65 bits per heavy atom. The standard InChI is InChI=1S/C13H24N4O2S/c1-13(2,3)10-20(18,19)14-9-12-16-15-11-7-5-4-6-8-17(11)12/h14H,4-10H2,1-3H3. The van der Waals surface area contributed by atoms with Crippen molar-refractivity contribution in [2.24, 2.45) is 5.41 Å². The molecule has 0 saturated heterocycles. The minimum Gasteiger partial charge on any atom is -0.314 e. The molecule has 2 heterocycles. The number of rotatable bonds is 4. The van der Waals surface area contributed by atoms with Crippen LogP contribution in [0.3, 0.4) is 0 Å². The van der Waals surface area contributed by atoms with E-state index in [1.807, 2.05) is 20.8 Å². The highest BCUT2D eigenvalue weighted by atomic mass is 32.2. The Balaban J connectivity index is 2.03. The number of sulfonamides is 1. The molecule has 114 valence electrons. The van der Waals surface area contributed by atoms with Crippen molar-refractivity contribution in [3.8, 4) is 0 Å². The van der Waals surface area contributed by atoms with E-state index in [2.05, 4.69) is 19.5 Å². The molecule has 0 aromatic carbocycles. The van der Waals surface area contributed by atoms with Crippen LogP contribution >= 0.6 is 0 Å². The summed E-state index contributed by atoms with van der Waals surface area (Å²) in [6.45, 7) is 6.85. The molecule has 0 unspecified atom stereocenters. The van der Waals surface area contributed by atoms with Crippen molar-refractivity contribution in [1.82, 2.24) is 19.5 Å². The van der Waals surface area contributed by atoms with E-state index in [0.717, 1.165) is 37.5 Å². The number of hydrogen-bond acceptors (Lipinski definition) is 4. The molecule has 0 atom stereocenters. The van der Waals surface area contributed by atoms with Gasteiger partial charge in [0.25, 0.3) is 0 Å². The summed E-state index contributed by atoms with van der Waals surface area (Å²) in [7, 11) is -3.28. The maximum Gasteiger partial charge on any atom is 0.212 e. The van der Waals surface area contributed by atoms with Gasteiger partial charge in [0.2, 0.25) is 10.0 Å². The SMILES string of the molecule is CC(C)(C)CS(=O)(=O)NCc1nnc2n1CCCCC2. The quantitative estimate of drug-likeness (QED) is 0.913. The minimum absolute atomic E-state index is 0.112. The van der Waals surface area contributed by atoms with E-state index in [0.29, 0.717) is 0 Å². The lowest BCUT2D eigenvalue weighted by Gasteiger charge is -2.18. The Morgan fingerprint density at radius 2 is 1.95 bits per heavy atom. The van der Waals surface area contributed by atoms with E-state index in [1.165, 1.54) is 6.42 Å². The van der Waals surface area contributed by atoms with Crippen molar-refractivity contribution in [2.75, 3.05) is 5.75 Å². The Labute approximate surface area is 121 Å². The molecule has 2 rings (SSSR count). The summed E-state index contributed by atoms with van der Waals surface area (Å²) in [5.74, 6) is 1.81. The predicted molar refractivity (Wildman–Crippen MR) is 77.7 cm³/mol. The fourth-order valence-electron chi connectivity index (χ4n) is 2.47. The molecule has 0 aliphatic carbocycles. The van der Waals surface area contributed by atoms with Crippen molar-refractivity contribution < 1.29 is 8.42 Å². The van der Waals surface area contributed by atoms with Crippen LogP contribution in [-0.4, -0.2) is 28.9 Å². The number of nitrogens with zero attached hydrogens (tertiary/aromatic N) is 3. The largest absolute Gasteiger partial charge is 0.314 e. The number of aryl methyl sites for hydroxylation is 1. The van der Waals surface area contributed by atoms with Crippen LogP contribution in [0.1, 0.15) is 51.7 Å². The molecule has 1 aromatic heterocycles. The van der Waals surface area contributed by atoms with Gasteiger partial charge in [-0.1, -0.05) is 27.2 Å². The number of fused-ring (bicyclic) bond motifs is 1. The molecular formula is C13H24N4O2S. The summed E-state index contributed by atoms with van der Waals surface area (Å²) in [5.41, 5.74) is -0.256. The van der Waals surface area contributed by atoms with E-state index in [9.17, 15) is 8.42 Å². The highest BCUT2D eigenvalue weighted by Gasteiger charge is 2.22. The van der Waals surface area contributed by atoms with Gasteiger partial charge in [0.05, 0.1) is 12.3 Å². The average Bonchev–Trinajstić information content (AvgIpc) is 2.52. The molecule has 1 aliphatic heterocycles. The zero-order valence-corrected chi connectivity index (χ0v) is 13.3. The van der Waals surface area contributed by atoms with Crippen molar-refractivity contribution in [1.29, 1.82) is 0 Å². The lowest BCUT2D eigenvalue weighted by Crippen LogP contribution is -2.32. The fourth-order valence-corrected chi connectivity index (χ4v) is 4.06. The Bertz CT molecular complexity index is 557. The van der Waals surface area contributed by atoms with Crippen LogP contribution in [0.15, 0.2) is 0 Å². The van der Waals surface area contributed by atoms with Gasteiger partial charge in [-0.2, -0.15) is 0 Å². The third kappa shape index (κ3) is 4.28. The molecule has 0 radical (unpaired) electrons. The van der Waals surface area contributed by atoms with Crippen LogP contribution in [-0.2, 0) is 29.5 Å². The fraction of sp³-hybridized carbons (Fsp3) is 0.846. The highest BCUT2D eigenvalue weighted by Crippen LogP contribution is 2.17. The molecular weight excluding hydrogens is 276 g/mol. The van der Waals surface area contributed by atoms with Gasteiger partial charge in [-0.3, -0.25) is 0 Å². The van der Waals surface area contributed by atoms with Crippen LogP contribution in [0.2, 0.25) is 0 Å². The normalized spacial score (nSPS) is 16.8. The number of aromatic nitrogens is 3. The Morgan fingerprint density at radius 1 is 1.20 bits per heavy atom. The topological polar surface area (TPSA) is 76.9 Å². The van der Waals surface area contributed by atoms with Crippen molar-refractivity contribution in [2.45, 2.75) is 59.5 Å². The second-order valence-corrected chi connectivity index (χ2v) is 8.44. The smallest absolute Gasteiger partial charge is 0.212 e. The first kappa shape index (κ1) is 15.4. The number of nitrogens with one attached hydrogen (secondary N) is 1. The second kappa shape index (κ2) is 5.81. The van der Waals surface area contributed by atoms with Crippen LogP contribution < -0.4 is 4.72 Å². The van der Waals surface area contributed by atoms with E-state index < -0.39 is 10.0 Å². The van der Waals surface area contributed by atoms with Crippen LogP contribution in [0.4, 0.5) is 0 Å². The summed E-state index contributed by atoms with van der Waals surface area (Å²) in [6, 6.07) is 0. The summed E-state index contributed by atoms with van der Waals surface area (Å²) in [4.78, 5) is 0. The van der Waals surface area contributed by atoms with Gasteiger partial charge in [0, 0.05) is 13.0 Å². The van der Waals surface area contributed by atoms with Crippen molar-refractivity contribution in [3.63, 3.8) is 0 Å². The summed E-state index contributed by atoms with van der Waals surface area (Å²) in [6.07, 6.45) is 4.36. The van der Waals surface area contributed by atoms with E-state index in [4.69, 9.17) is 0 Å². The average molecular weight is 300 g/mol. The summed E-state index contributed by atoms with van der Waals surface area (Å²) < 4.78 is 28.7.